The number of imidazole rings is 1. The van der Waals surface area contributed by atoms with Gasteiger partial charge in [-0.25, -0.2) is 4.98 Å². The van der Waals surface area contributed by atoms with Gasteiger partial charge in [-0.15, -0.1) is 0 Å². The van der Waals surface area contributed by atoms with Crippen LogP contribution in [-0.2, 0) is 0 Å². The fraction of sp³-hybridized carbons (Fsp3) is 0.154. The largest absolute Gasteiger partial charge is 0.487 e. The minimum Gasteiger partial charge on any atom is -0.487 e. The van der Waals surface area contributed by atoms with E-state index in [4.69, 9.17) is 15.3 Å². The van der Waals surface area contributed by atoms with Gasteiger partial charge in [-0.05, 0) is 19.1 Å². The number of nitro benzene ring substituents is 1. The summed E-state index contributed by atoms with van der Waals surface area (Å²) in [5.41, 5.74) is -0.308. The Balaban J connectivity index is 2.74. The smallest absolute Gasteiger partial charge is 0.334 e. The Morgan fingerprint density at radius 1 is 1.43 bits per heavy atom. The van der Waals surface area contributed by atoms with Crippen molar-refractivity contribution in [3.8, 4) is 23.6 Å². The zero-order valence-corrected chi connectivity index (χ0v) is 11.0. The maximum atomic E-state index is 11.3. The highest BCUT2D eigenvalue weighted by Crippen LogP contribution is 2.34. The summed E-state index contributed by atoms with van der Waals surface area (Å²) in [7, 11) is 0. The predicted molar refractivity (Wildman–Crippen MR) is 70.8 cm³/mol. The summed E-state index contributed by atoms with van der Waals surface area (Å²) in [4.78, 5) is 14.5. The fourth-order valence-corrected chi connectivity index (χ4v) is 1.88. The van der Waals surface area contributed by atoms with Gasteiger partial charge < -0.3 is 4.74 Å². The van der Waals surface area contributed by atoms with E-state index in [1.807, 2.05) is 6.07 Å². The monoisotopic (exact) mass is 283 g/mol. The first-order chi connectivity index (χ1) is 10.1. The Bertz CT molecular complexity index is 782. The first-order valence-electron chi connectivity index (χ1n) is 5.92. The van der Waals surface area contributed by atoms with Gasteiger partial charge in [0, 0.05) is 0 Å². The molecule has 2 rings (SSSR count). The second-order valence-electron chi connectivity index (χ2n) is 3.85. The van der Waals surface area contributed by atoms with Gasteiger partial charge in [-0.3, -0.25) is 14.7 Å². The Hall–Kier alpha value is -3.39. The van der Waals surface area contributed by atoms with Crippen molar-refractivity contribution >= 4 is 5.69 Å². The average Bonchev–Trinajstić information content (AvgIpc) is 2.89. The summed E-state index contributed by atoms with van der Waals surface area (Å²) < 4.78 is 6.45. The standard InChI is InChI=1S/C13H9N5O3/c1-2-21-12-5-3-4-10(13(12)18(19)20)17-8-16-9(6-14)11(17)7-15/h3-5,8H,2H2,1H3. The Kier molecular flexibility index (Phi) is 3.82. The number of hydrogen-bond acceptors (Lipinski definition) is 6. The molecule has 0 bridgehead atoms. The molecular weight excluding hydrogens is 274 g/mol. The highest BCUT2D eigenvalue weighted by molar-refractivity contribution is 5.63. The molecule has 1 heterocycles. The van der Waals surface area contributed by atoms with Crippen LogP contribution in [0.5, 0.6) is 5.75 Å². The summed E-state index contributed by atoms with van der Waals surface area (Å²) in [5, 5.41) is 29.3. The lowest BCUT2D eigenvalue weighted by atomic mass is 10.2. The maximum Gasteiger partial charge on any atom is 0.334 e. The molecule has 0 aliphatic carbocycles. The van der Waals surface area contributed by atoms with Gasteiger partial charge >= 0.3 is 5.69 Å². The van der Waals surface area contributed by atoms with Crippen molar-refractivity contribution in [3.05, 3.63) is 46.0 Å². The molecule has 0 aliphatic heterocycles. The van der Waals surface area contributed by atoms with E-state index in [9.17, 15) is 10.1 Å². The quantitative estimate of drug-likeness (QED) is 0.624. The zero-order chi connectivity index (χ0) is 15.4. The lowest BCUT2D eigenvalue weighted by Crippen LogP contribution is -2.04. The molecule has 0 saturated heterocycles. The fourth-order valence-electron chi connectivity index (χ4n) is 1.88. The van der Waals surface area contributed by atoms with Gasteiger partial charge in [0.2, 0.25) is 0 Å². The van der Waals surface area contributed by atoms with Crippen LogP contribution >= 0.6 is 0 Å². The van der Waals surface area contributed by atoms with Crippen LogP contribution in [0.2, 0.25) is 0 Å². The molecule has 8 heteroatoms. The SMILES string of the molecule is CCOc1cccc(-n2cnc(C#N)c2C#N)c1[N+](=O)[O-]. The molecule has 0 unspecified atom stereocenters. The molecule has 0 radical (unpaired) electrons. The Labute approximate surface area is 119 Å². The highest BCUT2D eigenvalue weighted by Gasteiger charge is 2.24. The number of nitrogens with zero attached hydrogens (tertiary/aromatic N) is 5. The predicted octanol–water partition coefficient (Wildman–Crippen LogP) is 1.92. The molecule has 0 aliphatic rings. The molecule has 2 aromatic rings. The van der Waals surface area contributed by atoms with Crippen LogP contribution in [0.15, 0.2) is 24.5 Å². The van der Waals surface area contributed by atoms with E-state index in [1.54, 1.807) is 19.1 Å². The van der Waals surface area contributed by atoms with Crippen LogP contribution in [0.1, 0.15) is 18.3 Å². The number of para-hydroxylation sites is 1. The first-order valence-corrected chi connectivity index (χ1v) is 5.92. The summed E-state index contributed by atoms with van der Waals surface area (Å²) >= 11 is 0. The van der Waals surface area contributed by atoms with Crippen LogP contribution in [0.4, 0.5) is 5.69 Å². The van der Waals surface area contributed by atoms with Gasteiger partial charge in [0.1, 0.15) is 24.2 Å². The molecule has 0 fully saturated rings. The number of nitriles is 2. The topological polar surface area (TPSA) is 118 Å². The average molecular weight is 283 g/mol. The van der Waals surface area contributed by atoms with Crippen molar-refractivity contribution in [3.63, 3.8) is 0 Å². The number of ether oxygens (including phenoxy) is 1. The first kappa shape index (κ1) is 14.0. The molecule has 0 atom stereocenters. The lowest BCUT2D eigenvalue weighted by molar-refractivity contribution is -0.385. The Morgan fingerprint density at radius 2 is 2.19 bits per heavy atom. The van der Waals surface area contributed by atoms with Gasteiger partial charge in [0.05, 0.1) is 11.5 Å². The summed E-state index contributed by atoms with van der Waals surface area (Å²) in [6.45, 7) is 1.98. The third kappa shape index (κ3) is 2.38. The third-order valence-corrected chi connectivity index (χ3v) is 2.70. The second-order valence-corrected chi connectivity index (χ2v) is 3.85. The van der Waals surface area contributed by atoms with Gasteiger partial charge in [-0.2, -0.15) is 10.5 Å². The maximum absolute atomic E-state index is 11.3. The number of nitro groups is 1. The number of hydrogen-bond donors (Lipinski definition) is 0. The molecule has 0 spiro atoms. The van der Waals surface area contributed by atoms with E-state index in [1.165, 1.54) is 23.0 Å². The van der Waals surface area contributed by atoms with Crippen molar-refractivity contribution in [1.82, 2.24) is 9.55 Å². The van der Waals surface area contributed by atoms with Crippen molar-refractivity contribution in [2.45, 2.75) is 6.92 Å². The van der Waals surface area contributed by atoms with Crippen LogP contribution < -0.4 is 4.74 Å². The molecule has 0 saturated carbocycles. The van der Waals surface area contributed by atoms with E-state index >= 15 is 0 Å². The molecular formula is C13H9N5O3. The van der Waals surface area contributed by atoms with E-state index in [2.05, 4.69) is 4.98 Å². The Morgan fingerprint density at radius 3 is 2.76 bits per heavy atom. The van der Waals surface area contributed by atoms with Crippen LogP contribution in [-0.4, -0.2) is 21.1 Å². The summed E-state index contributed by atoms with van der Waals surface area (Å²) in [5.74, 6) is 0.0936. The molecule has 8 nitrogen and oxygen atoms in total. The minimum atomic E-state index is -0.590. The van der Waals surface area contributed by atoms with Crippen molar-refractivity contribution in [1.29, 1.82) is 10.5 Å². The minimum absolute atomic E-state index is 0.0609. The van der Waals surface area contributed by atoms with Gasteiger partial charge in [0.15, 0.2) is 17.1 Å². The number of rotatable bonds is 4. The van der Waals surface area contributed by atoms with E-state index in [-0.39, 0.29) is 35.1 Å². The molecule has 21 heavy (non-hydrogen) atoms. The molecule has 0 N–H and O–H groups in total. The molecule has 0 amide bonds. The third-order valence-electron chi connectivity index (χ3n) is 2.70. The summed E-state index contributed by atoms with van der Waals surface area (Å²) in [6.07, 6.45) is 1.20. The van der Waals surface area contributed by atoms with Gasteiger partial charge in [0.25, 0.3) is 0 Å². The molecule has 1 aromatic heterocycles. The van der Waals surface area contributed by atoms with E-state index in [0.717, 1.165) is 0 Å². The number of benzene rings is 1. The number of aromatic nitrogens is 2. The summed E-state index contributed by atoms with van der Waals surface area (Å²) in [6, 6.07) is 8.10. The van der Waals surface area contributed by atoms with Gasteiger partial charge in [-0.1, -0.05) is 6.07 Å². The van der Waals surface area contributed by atoms with E-state index in [0.29, 0.717) is 0 Å². The van der Waals surface area contributed by atoms with Crippen LogP contribution in [0.3, 0.4) is 0 Å². The highest BCUT2D eigenvalue weighted by atomic mass is 16.6. The van der Waals surface area contributed by atoms with Crippen LogP contribution in [0, 0.1) is 32.8 Å². The van der Waals surface area contributed by atoms with Crippen molar-refractivity contribution in [2.24, 2.45) is 0 Å². The van der Waals surface area contributed by atoms with E-state index < -0.39 is 4.92 Å². The second kappa shape index (κ2) is 5.72. The zero-order valence-electron chi connectivity index (χ0n) is 11.0. The van der Waals surface area contributed by atoms with Crippen molar-refractivity contribution in [2.75, 3.05) is 6.61 Å². The molecule has 1 aromatic carbocycles. The molecule has 104 valence electrons. The normalized spacial score (nSPS) is 9.67. The lowest BCUT2D eigenvalue weighted by Gasteiger charge is -2.09. The van der Waals surface area contributed by atoms with Crippen molar-refractivity contribution < 1.29 is 9.66 Å². The van der Waals surface area contributed by atoms with Crippen LogP contribution in [0.25, 0.3) is 5.69 Å².